The predicted molar refractivity (Wildman–Crippen MR) is 74.2 cm³/mol. The highest BCUT2D eigenvalue weighted by molar-refractivity contribution is 7.92. The highest BCUT2D eigenvalue weighted by atomic mass is 35.5. The number of Topliss-reactive ketones (excluding diaryl/α,β-unsaturated/α-hetero) is 1. The normalized spacial score (nSPS) is 11.4. The number of ketones is 1. The van der Waals surface area contributed by atoms with Crippen LogP contribution in [-0.4, -0.2) is 20.0 Å². The topological polar surface area (TPSA) is 51.2 Å². The van der Waals surface area contributed by atoms with Crippen LogP contribution in [0.15, 0.2) is 47.4 Å². The molecule has 0 radical (unpaired) electrons. The Morgan fingerprint density at radius 1 is 1.00 bits per heavy atom. The Bertz CT molecular complexity index is 786. The van der Waals surface area contributed by atoms with Crippen molar-refractivity contribution >= 4 is 27.2 Å². The zero-order valence-electron chi connectivity index (χ0n) is 10.5. The first-order chi connectivity index (χ1) is 9.79. The first-order valence-electron chi connectivity index (χ1n) is 5.76. The van der Waals surface area contributed by atoms with E-state index in [2.05, 4.69) is 0 Å². The molecule has 0 fully saturated rings. The summed E-state index contributed by atoms with van der Waals surface area (Å²) in [4.78, 5) is 11.8. The Morgan fingerprint density at radius 3 is 2.19 bits per heavy atom. The fourth-order valence-electron chi connectivity index (χ4n) is 1.65. The van der Waals surface area contributed by atoms with Gasteiger partial charge in [-0.15, -0.1) is 0 Å². The fourth-order valence-corrected chi connectivity index (χ4v) is 3.01. The van der Waals surface area contributed by atoms with Gasteiger partial charge in [0.05, 0.1) is 4.90 Å². The lowest BCUT2D eigenvalue weighted by Gasteiger charge is -2.05. The van der Waals surface area contributed by atoms with Crippen LogP contribution in [0, 0.1) is 11.6 Å². The van der Waals surface area contributed by atoms with Crippen LogP contribution in [0.1, 0.15) is 10.4 Å². The summed E-state index contributed by atoms with van der Waals surface area (Å²) in [6, 6.07) is 7.81. The Labute approximate surface area is 125 Å². The second-order valence-electron chi connectivity index (χ2n) is 4.27. The number of rotatable bonds is 4. The van der Waals surface area contributed by atoms with Gasteiger partial charge in [0, 0.05) is 10.6 Å². The quantitative estimate of drug-likeness (QED) is 0.808. The summed E-state index contributed by atoms with van der Waals surface area (Å²) in [5.41, 5.74) is -0.202. The zero-order valence-corrected chi connectivity index (χ0v) is 12.1. The molecule has 0 bridgehead atoms. The molecule has 7 heteroatoms. The molecule has 2 aromatic carbocycles. The minimum atomic E-state index is -3.87. The maximum Gasteiger partial charge on any atom is 0.185 e. The highest BCUT2D eigenvalue weighted by Gasteiger charge is 2.21. The van der Waals surface area contributed by atoms with Crippen molar-refractivity contribution in [2.75, 3.05) is 5.75 Å². The number of halogens is 3. The fraction of sp³-hybridized carbons (Fsp3) is 0.0714. The highest BCUT2D eigenvalue weighted by Crippen LogP contribution is 2.17. The molecule has 0 aliphatic heterocycles. The van der Waals surface area contributed by atoms with Gasteiger partial charge in [-0.05, 0) is 42.5 Å². The van der Waals surface area contributed by atoms with Gasteiger partial charge >= 0.3 is 0 Å². The molecular formula is C14H9ClF2O3S. The van der Waals surface area contributed by atoms with Gasteiger partial charge in [0.1, 0.15) is 5.75 Å². The number of hydrogen-bond acceptors (Lipinski definition) is 3. The third-order valence-corrected chi connectivity index (χ3v) is 4.62. The Balaban J connectivity index is 2.25. The van der Waals surface area contributed by atoms with Gasteiger partial charge in [-0.25, -0.2) is 17.2 Å². The molecule has 0 heterocycles. The molecule has 0 aliphatic rings. The van der Waals surface area contributed by atoms with Crippen LogP contribution >= 0.6 is 11.6 Å². The van der Waals surface area contributed by atoms with Crippen molar-refractivity contribution in [2.24, 2.45) is 0 Å². The smallest absolute Gasteiger partial charge is 0.185 e. The summed E-state index contributed by atoms with van der Waals surface area (Å²) in [5, 5.41) is 0.362. The van der Waals surface area contributed by atoms with Gasteiger partial charge in [-0.3, -0.25) is 4.79 Å². The van der Waals surface area contributed by atoms with Crippen LogP contribution in [-0.2, 0) is 9.84 Å². The number of carbonyl (C=O) groups excluding carboxylic acids is 1. The van der Waals surface area contributed by atoms with Gasteiger partial charge in [0.2, 0.25) is 0 Å². The number of sulfone groups is 1. The summed E-state index contributed by atoms with van der Waals surface area (Å²) in [5.74, 6) is -3.96. The van der Waals surface area contributed by atoms with Crippen molar-refractivity contribution in [3.05, 3.63) is 64.7 Å². The molecular weight excluding hydrogens is 322 g/mol. The molecule has 2 aromatic rings. The predicted octanol–water partition coefficient (Wildman–Crippen LogP) is 3.27. The average molecular weight is 331 g/mol. The van der Waals surface area contributed by atoms with E-state index in [1.165, 1.54) is 24.3 Å². The van der Waals surface area contributed by atoms with Gasteiger partial charge in [-0.2, -0.15) is 0 Å². The van der Waals surface area contributed by atoms with Crippen molar-refractivity contribution < 1.29 is 22.0 Å². The standard InChI is InChI=1S/C14H9ClF2O3S/c15-10-2-4-11(5-3-10)21(19,20)8-14(18)9-1-6-12(16)13(17)7-9/h1-7H,8H2. The maximum atomic E-state index is 13.0. The molecule has 0 unspecified atom stereocenters. The van der Waals surface area contributed by atoms with Crippen LogP contribution in [0.2, 0.25) is 5.02 Å². The van der Waals surface area contributed by atoms with Gasteiger partial charge in [-0.1, -0.05) is 11.6 Å². The Morgan fingerprint density at radius 2 is 1.62 bits per heavy atom. The molecule has 0 saturated carbocycles. The largest absolute Gasteiger partial charge is 0.293 e. The van der Waals surface area contributed by atoms with Crippen LogP contribution < -0.4 is 0 Å². The zero-order chi connectivity index (χ0) is 15.6. The summed E-state index contributed by atoms with van der Waals surface area (Å²) in [7, 11) is -3.87. The lowest BCUT2D eigenvalue weighted by Crippen LogP contribution is -2.16. The van der Waals surface area contributed by atoms with E-state index in [-0.39, 0.29) is 10.5 Å². The molecule has 2 rings (SSSR count). The third kappa shape index (κ3) is 3.65. The molecule has 21 heavy (non-hydrogen) atoms. The first kappa shape index (κ1) is 15.6. The lowest BCUT2D eigenvalue weighted by molar-refractivity contribution is 0.102. The monoisotopic (exact) mass is 330 g/mol. The number of carbonyl (C=O) groups is 1. The van der Waals surface area contributed by atoms with E-state index in [0.29, 0.717) is 11.1 Å². The van der Waals surface area contributed by atoms with Crippen molar-refractivity contribution in [3.63, 3.8) is 0 Å². The summed E-state index contributed by atoms with van der Waals surface area (Å²) >= 11 is 5.66. The average Bonchev–Trinajstić information content (AvgIpc) is 2.41. The Kier molecular flexibility index (Phi) is 4.39. The number of hydrogen-bond donors (Lipinski definition) is 0. The van der Waals surface area contributed by atoms with E-state index in [9.17, 15) is 22.0 Å². The first-order valence-corrected chi connectivity index (χ1v) is 7.79. The second kappa shape index (κ2) is 5.91. The molecule has 110 valence electrons. The molecule has 0 N–H and O–H groups in total. The SMILES string of the molecule is O=C(CS(=O)(=O)c1ccc(Cl)cc1)c1ccc(F)c(F)c1. The minimum absolute atomic E-state index is 0.0668. The van der Waals surface area contributed by atoms with Crippen LogP contribution in [0.5, 0.6) is 0 Å². The van der Waals surface area contributed by atoms with E-state index < -0.39 is 33.0 Å². The van der Waals surface area contributed by atoms with E-state index >= 15 is 0 Å². The van der Waals surface area contributed by atoms with E-state index in [4.69, 9.17) is 11.6 Å². The second-order valence-corrected chi connectivity index (χ2v) is 6.69. The maximum absolute atomic E-state index is 13.0. The number of benzene rings is 2. The van der Waals surface area contributed by atoms with E-state index in [1.54, 1.807) is 0 Å². The Hall–Kier alpha value is -1.79. The van der Waals surface area contributed by atoms with Gasteiger partial charge in [0.15, 0.2) is 27.3 Å². The minimum Gasteiger partial charge on any atom is -0.293 e. The van der Waals surface area contributed by atoms with Gasteiger partial charge < -0.3 is 0 Å². The van der Waals surface area contributed by atoms with E-state index in [1.807, 2.05) is 0 Å². The third-order valence-electron chi connectivity index (χ3n) is 2.74. The molecule has 0 spiro atoms. The van der Waals surface area contributed by atoms with Crippen molar-refractivity contribution in [3.8, 4) is 0 Å². The molecule has 0 aliphatic carbocycles. The molecule has 3 nitrogen and oxygen atoms in total. The van der Waals surface area contributed by atoms with Crippen molar-refractivity contribution in [1.82, 2.24) is 0 Å². The lowest BCUT2D eigenvalue weighted by atomic mass is 10.1. The molecule has 0 amide bonds. The summed E-state index contributed by atoms with van der Waals surface area (Å²) in [6.07, 6.45) is 0. The van der Waals surface area contributed by atoms with Crippen LogP contribution in [0.3, 0.4) is 0 Å². The summed E-state index contributed by atoms with van der Waals surface area (Å²) < 4.78 is 49.9. The molecule has 0 aromatic heterocycles. The van der Waals surface area contributed by atoms with Gasteiger partial charge in [0.25, 0.3) is 0 Å². The molecule has 0 atom stereocenters. The van der Waals surface area contributed by atoms with Crippen LogP contribution in [0.25, 0.3) is 0 Å². The van der Waals surface area contributed by atoms with E-state index in [0.717, 1.165) is 12.1 Å². The summed E-state index contributed by atoms with van der Waals surface area (Å²) in [6.45, 7) is 0. The van der Waals surface area contributed by atoms with Crippen molar-refractivity contribution in [2.45, 2.75) is 4.90 Å². The van der Waals surface area contributed by atoms with Crippen molar-refractivity contribution in [1.29, 1.82) is 0 Å². The molecule has 0 saturated heterocycles. The van der Waals surface area contributed by atoms with Crippen LogP contribution in [0.4, 0.5) is 8.78 Å².